The van der Waals surface area contributed by atoms with Crippen LogP contribution in [0.5, 0.6) is 5.75 Å². The standard InChI is InChI=1S/C29H28N2O4S3/c1-3-35-23-15-13-22(14-16-23)31(38(33,34)26-19-17-24(36-2)18-20-26)21-29(32)30-27-11-7-8-12-28(27)37-25-9-5-4-6-10-25/h4-20H,3,21H2,1-2H3,(H,30,32). The molecule has 0 saturated heterocycles. The lowest BCUT2D eigenvalue weighted by Gasteiger charge is -2.24. The van der Waals surface area contributed by atoms with E-state index in [1.807, 2.05) is 61.7 Å². The second-order valence-electron chi connectivity index (χ2n) is 8.07. The Morgan fingerprint density at radius 3 is 2.16 bits per heavy atom. The average molecular weight is 565 g/mol. The van der Waals surface area contributed by atoms with Crippen molar-refractivity contribution in [3.05, 3.63) is 103 Å². The molecule has 0 aliphatic carbocycles. The fourth-order valence-corrected chi connectivity index (χ4v) is 6.41. The van der Waals surface area contributed by atoms with Crippen LogP contribution in [-0.2, 0) is 14.8 Å². The summed E-state index contributed by atoms with van der Waals surface area (Å²) in [4.78, 5) is 16.2. The van der Waals surface area contributed by atoms with Crippen molar-refractivity contribution in [1.82, 2.24) is 0 Å². The van der Waals surface area contributed by atoms with Gasteiger partial charge in [-0.25, -0.2) is 8.42 Å². The summed E-state index contributed by atoms with van der Waals surface area (Å²) in [6.07, 6.45) is 1.92. The minimum Gasteiger partial charge on any atom is -0.494 e. The predicted octanol–water partition coefficient (Wildman–Crippen LogP) is 6.79. The van der Waals surface area contributed by atoms with Crippen molar-refractivity contribution >= 4 is 50.8 Å². The third-order valence-corrected chi connectivity index (χ3v) is 9.12. The number of sulfonamides is 1. The number of rotatable bonds is 11. The van der Waals surface area contributed by atoms with Gasteiger partial charge in [0.2, 0.25) is 5.91 Å². The maximum atomic E-state index is 13.7. The summed E-state index contributed by atoms with van der Waals surface area (Å²) in [6, 6.07) is 30.6. The third-order valence-electron chi connectivity index (χ3n) is 5.50. The van der Waals surface area contributed by atoms with Crippen molar-refractivity contribution in [3.8, 4) is 5.75 Å². The van der Waals surface area contributed by atoms with Crippen LogP contribution in [0.15, 0.2) is 123 Å². The molecule has 38 heavy (non-hydrogen) atoms. The zero-order valence-corrected chi connectivity index (χ0v) is 23.5. The van der Waals surface area contributed by atoms with E-state index in [0.29, 0.717) is 23.7 Å². The maximum absolute atomic E-state index is 13.7. The Bertz CT molecular complexity index is 1460. The van der Waals surface area contributed by atoms with Gasteiger partial charge in [-0.2, -0.15) is 0 Å². The van der Waals surface area contributed by atoms with Crippen LogP contribution in [0.4, 0.5) is 11.4 Å². The summed E-state index contributed by atoms with van der Waals surface area (Å²) in [6.45, 7) is 1.97. The second-order valence-corrected chi connectivity index (χ2v) is 11.9. The highest BCUT2D eigenvalue weighted by Gasteiger charge is 2.27. The summed E-state index contributed by atoms with van der Waals surface area (Å²) >= 11 is 3.05. The highest BCUT2D eigenvalue weighted by molar-refractivity contribution is 7.99. The van der Waals surface area contributed by atoms with Crippen LogP contribution in [0.1, 0.15) is 6.92 Å². The summed E-state index contributed by atoms with van der Waals surface area (Å²) in [5.41, 5.74) is 0.976. The topological polar surface area (TPSA) is 75.7 Å². The number of hydrogen-bond acceptors (Lipinski definition) is 6. The van der Waals surface area contributed by atoms with Crippen LogP contribution in [0.3, 0.4) is 0 Å². The van der Waals surface area contributed by atoms with Gasteiger partial charge in [0.1, 0.15) is 12.3 Å². The van der Waals surface area contributed by atoms with Crippen molar-refractivity contribution in [2.75, 3.05) is 29.0 Å². The Morgan fingerprint density at radius 1 is 0.842 bits per heavy atom. The Morgan fingerprint density at radius 2 is 1.50 bits per heavy atom. The van der Waals surface area contributed by atoms with Crippen LogP contribution in [-0.4, -0.2) is 33.7 Å². The summed E-state index contributed by atoms with van der Waals surface area (Å²) < 4.78 is 34.1. The fourth-order valence-electron chi connectivity index (χ4n) is 3.66. The SMILES string of the molecule is CCOc1ccc(N(CC(=O)Nc2ccccc2Sc2ccccc2)S(=O)(=O)c2ccc(SC)cc2)cc1. The Kier molecular flexibility index (Phi) is 9.38. The lowest BCUT2D eigenvalue weighted by molar-refractivity contribution is -0.114. The summed E-state index contributed by atoms with van der Waals surface area (Å²) in [5, 5.41) is 2.91. The number of ether oxygens (including phenoxy) is 1. The normalized spacial score (nSPS) is 11.1. The van der Waals surface area contributed by atoms with E-state index < -0.39 is 22.5 Å². The number of hydrogen-bond donors (Lipinski definition) is 1. The lowest BCUT2D eigenvalue weighted by Crippen LogP contribution is -2.38. The first-order valence-corrected chi connectivity index (χ1v) is 15.4. The summed E-state index contributed by atoms with van der Waals surface area (Å²) in [7, 11) is -4.03. The first-order valence-electron chi connectivity index (χ1n) is 11.9. The van der Waals surface area contributed by atoms with E-state index in [0.717, 1.165) is 19.0 Å². The second kappa shape index (κ2) is 12.9. The van der Waals surface area contributed by atoms with E-state index in [1.54, 1.807) is 54.6 Å². The summed E-state index contributed by atoms with van der Waals surface area (Å²) in [5.74, 6) is 0.165. The van der Waals surface area contributed by atoms with Crippen LogP contribution in [0.25, 0.3) is 0 Å². The third kappa shape index (κ3) is 6.92. The van der Waals surface area contributed by atoms with Gasteiger partial charge in [0.25, 0.3) is 10.0 Å². The van der Waals surface area contributed by atoms with E-state index in [1.165, 1.54) is 23.5 Å². The maximum Gasteiger partial charge on any atom is 0.264 e. The molecule has 0 heterocycles. The van der Waals surface area contributed by atoms with Gasteiger partial charge in [0.05, 0.1) is 22.9 Å². The number of nitrogens with zero attached hydrogens (tertiary/aromatic N) is 1. The number of carbonyl (C=O) groups excluding carboxylic acids is 1. The highest BCUT2D eigenvalue weighted by atomic mass is 32.2. The number of anilines is 2. The van der Waals surface area contributed by atoms with Gasteiger partial charge in [-0.15, -0.1) is 11.8 Å². The zero-order chi connectivity index (χ0) is 27.0. The number of thioether (sulfide) groups is 1. The highest BCUT2D eigenvalue weighted by Crippen LogP contribution is 2.33. The van der Waals surface area contributed by atoms with Crippen molar-refractivity contribution in [3.63, 3.8) is 0 Å². The van der Waals surface area contributed by atoms with Gasteiger partial charge in [0, 0.05) is 14.7 Å². The van der Waals surface area contributed by atoms with Gasteiger partial charge in [-0.3, -0.25) is 9.10 Å². The number of carbonyl (C=O) groups is 1. The molecule has 0 radical (unpaired) electrons. The molecule has 6 nitrogen and oxygen atoms in total. The van der Waals surface area contributed by atoms with Crippen LogP contribution in [0, 0.1) is 0 Å². The molecule has 1 N–H and O–H groups in total. The lowest BCUT2D eigenvalue weighted by atomic mass is 10.3. The smallest absolute Gasteiger partial charge is 0.264 e. The molecule has 0 fully saturated rings. The van der Waals surface area contributed by atoms with E-state index in [4.69, 9.17) is 4.74 Å². The van der Waals surface area contributed by atoms with Gasteiger partial charge >= 0.3 is 0 Å². The molecular formula is C29H28N2O4S3. The minimum absolute atomic E-state index is 0.108. The largest absolute Gasteiger partial charge is 0.494 e. The van der Waals surface area contributed by atoms with E-state index in [-0.39, 0.29) is 4.90 Å². The van der Waals surface area contributed by atoms with Gasteiger partial charge < -0.3 is 10.1 Å². The number of nitrogens with one attached hydrogen (secondary N) is 1. The molecule has 1 amide bonds. The zero-order valence-electron chi connectivity index (χ0n) is 21.0. The van der Waals surface area contributed by atoms with E-state index >= 15 is 0 Å². The van der Waals surface area contributed by atoms with Crippen LogP contribution in [0.2, 0.25) is 0 Å². The Hall–Kier alpha value is -3.40. The quantitative estimate of drug-likeness (QED) is 0.202. The molecule has 0 aliphatic rings. The number of benzene rings is 4. The molecule has 0 atom stereocenters. The molecule has 0 spiro atoms. The molecule has 0 bridgehead atoms. The minimum atomic E-state index is -4.03. The van der Waals surface area contributed by atoms with Crippen molar-refractivity contribution < 1.29 is 17.9 Å². The van der Waals surface area contributed by atoms with Crippen molar-refractivity contribution in [2.24, 2.45) is 0 Å². The van der Waals surface area contributed by atoms with Crippen LogP contribution < -0.4 is 14.4 Å². The van der Waals surface area contributed by atoms with Crippen LogP contribution >= 0.6 is 23.5 Å². The monoisotopic (exact) mass is 564 g/mol. The predicted molar refractivity (Wildman–Crippen MR) is 156 cm³/mol. The molecule has 4 rings (SSSR count). The molecular weight excluding hydrogens is 537 g/mol. The van der Waals surface area contributed by atoms with E-state index in [2.05, 4.69) is 5.32 Å². The first kappa shape index (κ1) is 27.6. The number of para-hydroxylation sites is 1. The molecule has 196 valence electrons. The Labute approximate surface area is 232 Å². The molecule has 4 aromatic rings. The molecule has 9 heteroatoms. The van der Waals surface area contributed by atoms with Gasteiger partial charge in [-0.1, -0.05) is 42.1 Å². The fraction of sp³-hybridized carbons (Fsp3) is 0.138. The molecule has 0 unspecified atom stereocenters. The Balaban J connectivity index is 1.62. The van der Waals surface area contributed by atoms with Crippen molar-refractivity contribution in [2.45, 2.75) is 26.5 Å². The van der Waals surface area contributed by atoms with Gasteiger partial charge in [-0.05, 0) is 86.0 Å². The number of amides is 1. The first-order chi connectivity index (χ1) is 18.4. The van der Waals surface area contributed by atoms with E-state index in [9.17, 15) is 13.2 Å². The molecule has 0 aliphatic heterocycles. The molecule has 0 saturated carbocycles. The average Bonchev–Trinajstić information content (AvgIpc) is 2.94. The van der Waals surface area contributed by atoms with Crippen molar-refractivity contribution in [1.29, 1.82) is 0 Å². The molecule has 0 aromatic heterocycles. The molecule has 4 aromatic carbocycles. The van der Waals surface area contributed by atoms with Gasteiger partial charge in [0.15, 0.2) is 0 Å².